The molecule has 3 fully saturated rings. The Kier molecular flexibility index (Phi) is 7.03. The summed E-state index contributed by atoms with van der Waals surface area (Å²) in [5.74, 6) is -0.400. The van der Waals surface area contributed by atoms with Gasteiger partial charge in [0.1, 0.15) is 18.3 Å². The van der Waals surface area contributed by atoms with E-state index < -0.39 is 40.4 Å². The van der Waals surface area contributed by atoms with Crippen molar-refractivity contribution >= 4 is 38.7 Å². The lowest BCUT2D eigenvalue weighted by Crippen LogP contribution is -2.35. The molecule has 6 rings (SSSR count). The van der Waals surface area contributed by atoms with E-state index in [1.165, 1.54) is 18.6 Å². The maximum atomic E-state index is 12.8. The number of rotatable bonds is 7. The van der Waals surface area contributed by atoms with E-state index in [-0.39, 0.29) is 16.8 Å². The number of nitrogens with one attached hydrogen (secondary N) is 1. The third kappa shape index (κ3) is 5.36. The van der Waals surface area contributed by atoms with E-state index in [4.69, 9.17) is 30.0 Å². The summed E-state index contributed by atoms with van der Waals surface area (Å²) in [5.41, 5.74) is 5.27. The smallest absolute Gasteiger partial charge is 0.297 e. The summed E-state index contributed by atoms with van der Waals surface area (Å²) in [7, 11) is -4.00. The summed E-state index contributed by atoms with van der Waals surface area (Å²) in [5, 5.41) is 2.16. The number of ether oxygens (including phenoxy) is 3. The van der Waals surface area contributed by atoms with E-state index in [0.717, 1.165) is 31.5 Å². The largest absolute Gasteiger partial charge is 0.347 e. The molecule has 3 aromatic rings. The second-order valence-corrected chi connectivity index (χ2v) is 12.5. The molecule has 0 radical (unpaired) electrons. The van der Waals surface area contributed by atoms with Crippen molar-refractivity contribution < 1.29 is 26.8 Å². The first-order valence-electron chi connectivity index (χ1n) is 13.0. The van der Waals surface area contributed by atoms with E-state index in [1.54, 1.807) is 36.9 Å². The Hall–Kier alpha value is -2.39. The van der Waals surface area contributed by atoms with Crippen LogP contribution in [-0.4, -0.2) is 76.7 Å². The number of aromatic nitrogens is 4. The van der Waals surface area contributed by atoms with Gasteiger partial charge in [0.25, 0.3) is 10.1 Å². The molecule has 1 N–H and O–H groups in total. The van der Waals surface area contributed by atoms with Crippen LogP contribution in [0.3, 0.4) is 0 Å². The lowest BCUT2D eigenvalue weighted by atomic mass is 10.1. The molecule has 3 aliphatic rings. The summed E-state index contributed by atoms with van der Waals surface area (Å²) >= 11 is 6.32. The van der Waals surface area contributed by atoms with E-state index in [1.807, 2.05) is 6.92 Å². The Morgan fingerprint density at radius 2 is 1.82 bits per heavy atom. The van der Waals surface area contributed by atoms with Gasteiger partial charge in [-0.1, -0.05) is 24.1 Å². The average Bonchev–Trinajstić information content (AvgIpc) is 3.54. The van der Waals surface area contributed by atoms with Crippen LogP contribution in [0.4, 0.5) is 5.82 Å². The SMILES string of the molecule is Cc1ccc(S(=O)(=O)OC[C@H]2O[C@@H](n3cnc4c(NN5CCCCC5)nc(Cl)nc43)[C@@H]3OC(C)(C)O[C@@H]32)cc1. The molecular formula is C25H31ClN6O6S. The maximum absolute atomic E-state index is 12.8. The second kappa shape index (κ2) is 10.2. The number of hydrogen-bond acceptors (Lipinski definition) is 11. The third-order valence-electron chi connectivity index (χ3n) is 7.11. The molecule has 0 spiro atoms. The van der Waals surface area contributed by atoms with E-state index in [0.29, 0.717) is 17.0 Å². The van der Waals surface area contributed by atoms with Gasteiger partial charge in [-0.05, 0) is 57.3 Å². The molecule has 3 aliphatic heterocycles. The fourth-order valence-corrected chi connectivity index (χ4v) is 6.34. The molecule has 12 nitrogen and oxygen atoms in total. The zero-order valence-electron chi connectivity index (χ0n) is 21.9. The third-order valence-corrected chi connectivity index (χ3v) is 8.58. The first kappa shape index (κ1) is 26.8. The van der Waals surface area contributed by atoms with Crippen LogP contribution in [0.2, 0.25) is 5.28 Å². The standard InChI is InChI=1S/C25H31ClN6O6S/c1-15-7-9-16(10-8-15)39(33,34)35-13-17-19-20(38-25(2,3)37-19)23(36-17)32-14-27-18-21(28-24(26)29-22(18)32)30-31-11-5-4-6-12-31/h7-10,14,17,19-20,23H,4-6,11-13H2,1-3H3,(H,28,29,30)/t17-,19-,20-,23-/m1/s1. The molecule has 0 amide bonds. The van der Waals surface area contributed by atoms with Crippen molar-refractivity contribution in [3.63, 3.8) is 0 Å². The van der Waals surface area contributed by atoms with Crippen molar-refractivity contribution in [1.82, 2.24) is 24.5 Å². The molecule has 5 heterocycles. The molecule has 14 heteroatoms. The summed E-state index contributed by atoms with van der Waals surface area (Å²) in [6.07, 6.45) is 2.38. The Morgan fingerprint density at radius 3 is 2.56 bits per heavy atom. The number of fused-ring (bicyclic) bond motifs is 2. The number of anilines is 1. The normalized spacial score (nSPS) is 27.2. The fraction of sp³-hybridized carbons (Fsp3) is 0.560. The first-order valence-corrected chi connectivity index (χ1v) is 14.8. The molecule has 0 saturated carbocycles. The van der Waals surface area contributed by atoms with E-state index in [2.05, 4.69) is 25.4 Å². The highest BCUT2D eigenvalue weighted by molar-refractivity contribution is 7.86. The maximum Gasteiger partial charge on any atom is 0.297 e. The van der Waals surface area contributed by atoms with Gasteiger partial charge in [-0.2, -0.15) is 18.4 Å². The minimum atomic E-state index is -4.00. The van der Waals surface area contributed by atoms with Crippen molar-refractivity contribution in [2.45, 2.75) is 75.3 Å². The predicted molar refractivity (Wildman–Crippen MR) is 141 cm³/mol. The number of nitrogens with zero attached hydrogens (tertiary/aromatic N) is 5. The highest BCUT2D eigenvalue weighted by Gasteiger charge is 2.56. The van der Waals surface area contributed by atoms with Crippen LogP contribution >= 0.6 is 11.6 Å². The molecule has 39 heavy (non-hydrogen) atoms. The van der Waals surface area contributed by atoms with E-state index >= 15 is 0 Å². The Morgan fingerprint density at radius 1 is 1.10 bits per heavy atom. The molecule has 0 unspecified atom stereocenters. The summed E-state index contributed by atoms with van der Waals surface area (Å²) in [6, 6.07) is 6.47. The van der Waals surface area contributed by atoms with Gasteiger partial charge in [0.05, 0.1) is 17.8 Å². The van der Waals surface area contributed by atoms with Crippen molar-refractivity contribution in [2.24, 2.45) is 0 Å². The van der Waals surface area contributed by atoms with Crippen LogP contribution in [0.1, 0.15) is 44.9 Å². The monoisotopic (exact) mass is 578 g/mol. The van der Waals surface area contributed by atoms with Crippen LogP contribution in [0.15, 0.2) is 35.5 Å². The van der Waals surface area contributed by atoms with Crippen molar-refractivity contribution in [3.05, 3.63) is 41.4 Å². The quantitative estimate of drug-likeness (QED) is 0.327. The first-order chi connectivity index (χ1) is 18.6. The number of hydrazine groups is 1. The zero-order valence-corrected chi connectivity index (χ0v) is 23.5. The van der Waals surface area contributed by atoms with Crippen molar-refractivity contribution in [1.29, 1.82) is 0 Å². The molecule has 1 aromatic carbocycles. The van der Waals surface area contributed by atoms with Gasteiger partial charge in [-0.25, -0.2) is 9.99 Å². The number of hydrogen-bond donors (Lipinski definition) is 1. The predicted octanol–water partition coefficient (Wildman–Crippen LogP) is 3.42. The highest BCUT2D eigenvalue weighted by Crippen LogP contribution is 2.44. The van der Waals surface area contributed by atoms with Gasteiger partial charge in [0.2, 0.25) is 5.28 Å². The Labute approximate surface area is 231 Å². The van der Waals surface area contributed by atoms with Crippen molar-refractivity contribution in [3.8, 4) is 0 Å². The molecule has 3 saturated heterocycles. The van der Waals surface area contributed by atoms with E-state index in [9.17, 15) is 8.42 Å². The van der Waals surface area contributed by atoms with Gasteiger partial charge in [0, 0.05) is 13.1 Å². The number of piperidine rings is 1. The molecule has 0 bridgehead atoms. The van der Waals surface area contributed by atoms with Crippen LogP contribution in [0.5, 0.6) is 0 Å². The van der Waals surface area contributed by atoms with Crippen LogP contribution in [0.25, 0.3) is 11.2 Å². The fourth-order valence-electron chi connectivity index (χ4n) is 5.26. The van der Waals surface area contributed by atoms with Gasteiger partial charge in [0.15, 0.2) is 29.0 Å². The molecule has 0 aliphatic carbocycles. The summed E-state index contributed by atoms with van der Waals surface area (Å²) in [4.78, 5) is 13.4. The topological polar surface area (TPSA) is 130 Å². The minimum Gasteiger partial charge on any atom is -0.347 e. The summed E-state index contributed by atoms with van der Waals surface area (Å²) < 4.78 is 51.4. The van der Waals surface area contributed by atoms with Crippen LogP contribution in [-0.2, 0) is 28.5 Å². The molecule has 2 aromatic heterocycles. The lowest BCUT2D eigenvalue weighted by molar-refractivity contribution is -0.198. The van der Waals surface area contributed by atoms with Crippen LogP contribution in [0, 0.1) is 6.92 Å². The number of aryl methyl sites for hydroxylation is 1. The molecule has 210 valence electrons. The number of halogens is 1. The van der Waals surface area contributed by atoms with Gasteiger partial charge in [-0.3, -0.25) is 8.75 Å². The Balaban J connectivity index is 1.27. The minimum absolute atomic E-state index is 0.0614. The lowest BCUT2D eigenvalue weighted by Gasteiger charge is -2.27. The highest BCUT2D eigenvalue weighted by atomic mass is 35.5. The van der Waals surface area contributed by atoms with Crippen LogP contribution < -0.4 is 5.43 Å². The number of imidazole rings is 1. The van der Waals surface area contributed by atoms with Crippen molar-refractivity contribution in [2.75, 3.05) is 25.1 Å². The average molecular weight is 579 g/mol. The summed E-state index contributed by atoms with van der Waals surface area (Å²) in [6.45, 7) is 7.02. The number of benzene rings is 1. The molecule has 4 atom stereocenters. The van der Waals surface area contributed by atoms with Gasteiger partial charge < -0.3 is 19.6 Å². The van der Waals surface area contributed by atoms with Gasteiger partial charge >= 0.3 is 0 Å². The zero-order chi connectivity index (χ0) is 27.4. The molecular weight excluding hydrogens is 548 g/mol. The van der Waals surface area contributed by atoms with Gasteiger partial charge in [-0.15, -0.1) is 0 Å². The Bertz CT molecular complexity index is 1460. The second-order valence-electron chi connectivity index (χ2n) is 10.5.